The zero-order valence-corrected chi connectivity index (χ0v) is 14.8. The molecule has 1 aliphatic heterocycles. The number of rotatable bonds is 2. The molecule has 0 amide bonds. The summed E-state index contributed by atoms with van der Waals surface area (Å²) in [7, 11) is 0. The number of carboxylic acids is 1. The van der Waals surface area contributed by atoms with Crippen LogP contribution in [0.15, 0.2) is 59.4 Å². The van der Waals surface area contributed by atoms with E-state index in [0.29, 0.717) is 24.1 Å². The number of benzene rings is 3. The van der Waals surface area contributed by atoms with Crippen molar-refractivity contribution in [2.75, 3.05) is 18.0 Å². The van der Waals surface area contributed by atoms with E-state index in [1.165, 1.54) is 0 Å². The molecule has 5 aromatic rings. The lowest BCUT2D eigenvalue weighted by atomic mass is 9.95. The molecule has 0 atom stereocenters. The van der Waals surface area contributed by atoms with E-state index >= 15 is 0 Å². The van der Waals surface area contributed by atoms with Crippen LogP contribution in [-0.2, 0) is 4.79 Å². The third-order valence-corrected chi connectivity index (χ3v) is 5.82. The van der Waals surface area contributed by atoms with Crippen LogP contribution in [0.4, 0.5) is 5.69 Å². The molecule has 0 saturated carbocycles. The number of nitrogens with zero attached hydrogens (tertiary/aromatic N) is 3. The Morgan fingerprint density at radius 3 is 2.57 bits per heavy atom. The minimum atomic E-state index is -0.761. The van der Waals surface area contributed by atoms with E-state index in [1.807, 2.05) is 54.6 Å². The number of aromatic nitrogens is 2. The lowest BCUT2D eigenvalue weighted by molar-refractivity contribution is -0.142. The number of pyridine rings is 1. The number of anilines is 1. The molecule has 136 valence electrons. The average molecular weight is 369 g/mol. The Balaban J connectivity index is 1.70. The van der Waals surface area contributed by atoms with Crippen LogP contribution in [0.2, 0.25) is 0 Å². The molecule has 0 unspecified atom stereocenters. The van der Waals surface area contributed by atoms with Crippen molar-refractivity contribution in [2.45, 2.75) is 0 Å². The average Bonchev–Trinajstić information content (AvgIpc) is 3.05. The standard InChI is InChI=1S/C22H15N3O3/c26-21-15-5-3-4-13-17(24-10-12(11-24)22(27)28)9-8-14(19(13)15)20-23-16-6-1-2-7-18(16)25(20)21/h1-9,12H,10-11H2,(H,27,28). The first kappa shape index (κ1) is 15.4. The minimum absolute atomic E-state index is 0.0778. The molecule has 3 heterocycles. The van der Waals surface area contributed by atoms with Gasteiger partial charge in [0.25, 0.3) is 5.56 Å². The zero-order valence-electron chi connectivity index (χ0n) is 14.8. The predicted octanol–water partition coefficient (Wildman–Crippen LogP) is 3.11. The summed E-state index contributed by atoms with van der Waals surface area (Å²) >= 11 is 0. The molecule has 0 aliphatic carbocycles. The number of carbonyl (C=O) groups is 1. The van der Waals surface area contributed by atoms with Crippen molar-refractivity contribution in [2.24, 2.45) is 5.92 Å². The topological polar surface area (TPSA) is 74.9 Å². The lowest BCUT2D eigenvalue weighted by Gasteiger charge is -2.39. The molecule has 6 rings (SSSR count). The number of para-hydroxylation sites is 2. The highest BCUT2D eigenvalue weighted by molar-refractivity contribution is 6.19. The number of hydrogen-bond donors (Lipinski definition) is 1. The summed E-state index contributed by atoms with van der Waals surface area (Å²) in [4.78, 5) is 31.3. The van der Waals surface area contributed by atoms with Crippen molar-refractivity contribution in [3.63, 3.8) is 0 Å². The van der Waals surface area contributed by atoms with Crippen molar-refractivity contribution < 1.29 is 9.90 Å². The van der Waals surface area contributed by atoms with Gasteiger partial charge in [0.05, 0.1) is 17.0 Å². The molecule has 1 fully saturated rings. The van der Waals surface area contributed by atoms with Crippen LogP contribution in [0, 0.1) is 5.92 Å². The second kappa shape index (κ2) is 5.19. The summed E-state index contributed by atoms with van der Waals surface area (Å²) in [6, 6.07) is 17.4. The summed E-state index contributed by atoms with van der Waals surface area (Å²) in [5.74, 6) is -1.10. The summed E-state index contributed by atoms with van der Waals surface area (Å²) in [5, 5.41) is 12.6. The molecule has 6 heteroatoms. The van der Waals surface area contributed by atoms with Gasteiger partial charge in [-0.1, -0.05) is 24.3 Å². The van der Waals surface area contributed by atoms with Crippen LogP contribution >= 0.6 is 0 Å². The first-order valence-corrected chi connectivity index (χ1v) is 9.19. The van der Waals surface area contributed by atoms with E-state index in [0.717, 1.165) is 32.9 Å². The zero-order chi connectivity index (χ0) is 19.0. The van der Waals surface area contributed by atoms with Crippen LogP contribution in [0.1, 0.15) is 0 Å². The molecule has 0 bridgehead atoms. The quantitative estimate of drug-likeness (QED) is 0.517. The maximum Gasteiger partial charge on any atom is 0.310 e. The predicted molar refractivity (Wildman–Crippen MR) is 109 cm³/mol. The third kappa shape index (κ3) is 1.84. The van der Waals surface area contributed by atoms with Gasteiger partial charge in [-0.2, -0.15) is 0 Å². The highest BCUT2D eigenvalue weighted by atomic mass is 16.4. The smallest absolute Gasteiger partial charge is 0.310 e. The number of carboxylic acid groups (broad SMARTS) is 1. The maximum atomic E-state index is 13.3. The molecule has 2 aromatic heterocycles. The van der Waals surface area contributed by atoms with E-state index in [2.05, 4.69) is 4.90 Å². The number of imidazole rings is 1. The van der Waals surface area contributed by atoms with E-state index < -0.39 is 5.97 Å². The largest absolute Gasteiger partial charge is 0.481 e. The molecular weight excluding hydrogens is 354 g/mol. The Kier molecular flexibility index (Phi) is 2.86. The SMILES string of the molecule is O=C(O)C1CN(c2ccc3c4c2cccc4c(=O)n2c4ccccc4nc32)C1. The lowest BCUT2D eigenvalue weighted by Crippen LogP contribution is -2.50. The van der Waals surface area contributed by atoms with Crippen LogP contribution in [-0.4, -0.2) is 33.6 Å². The van der Waals surface area contributed by atoms with Gasteiger partial charge >= 0.3 is 5.97 Å². The van der Waals surface area contributed by atoms with Gasteiger partial charge in [-0.3, -0.25) is 14.0 Å². The first-order chi connectivity index (χ1) is 13.6. The summed E-state index contributed by atoms with van der Waals surface area (Å²) in [6.45, 7) is 0.973. The van der Waals surface area contributed by atoms with Crippen molar-refractivity contribution >= 4 is 49.9 Å². The van der Waals surface area contributed by atoms with Crippen molar-refractivity contribution in [3.05, 3.63) is 65.0 Å². The molecule has 1 saturated heterocycles. The third-order valence-electron chi connectivity index (χ3n) is 5.82. The Morgan fingerprint density at radius 2 is 1.75 bits per heavy atom. The van der Waals surface area contributed by atoms with Crippen molar-refractivity contribution in [3.8, 4) is 0 Å². The first-order valence-electron chi connectivity index (χ1n) is 9.19. The molecule has 1 aliphatic rings. The van der Waals surface area contributed by atoms with Gasteiger partial charge in [0.2, 0.25) is 0 Å². The molecule has 28 heavy (non-hydrogen) atoms. The van der Waals surface area contributed by atoms with Gasteiger partial charge in [-0.25, -0.2) is 4.98 Å². The Labute approximate surface area is 158 Å². The molecule has 3 aromatic carbocycles. The van der Waals surface area contributed by atoms with Crippen LogP contribution in [0.5, 0.6) is 0 Å². The van der Waals surface area contributed by atoms with Gasteiger partial charge in [-0.05, 0) is 30.3 Å². The molecule has 0 radical (unpaired) electrons. The fraction of sp³-hybridized carbons (Fsp3) is 0.136. The second-order valence-corrected chi connectivity index (χ2v) is 7.37. The Morgan fingerprint density at radius 1 is 0.964 bits per heavy atom. The highest BCUT2D eigenvalue weighted by Gasteiger charge is 2.33. The Bertz CT molecular complexity index is 1480. The van der Waals surface area contributed by atoms with Crippen molar-refractivity contribution in [1.29, 1.82) is 0 Å². The second-order valence-electron chi connectivity index (χ2n) is 7.37. The highest BCUT2D eigenvalue weighted by Crippen LogP contribution is 2.37. The minimum Gasteiger partial charge on any atom is -0.481 e. The normalized spacial score (nSPS) is 15.1. The molecular formula is C22H15N3O3. The fourth-order valence-corrected chi connectivity index (χ4v) is 4.40. The van der Waals surface area contributed by atoms with Gasteiger partial charge in [0.15, 0.2) is 0 Å². The van der Waals surface area contributed by atoms with Gasteiger partial charge < -0.3 is 10.0 Å². The maximum absolute atomic E-state index is 13.3. The summed E-state index contributed by atoms with van der Waals surface area (Å²) in [5.41, 5.74) is 3.15. The van der Waals surface area contributed by atoms with Gasteiger partial charge in [0, 0.05) is 40.3 Å². The van der Waals surface area contributed by atoms with Gasteiger partial charge in [0.1, 0.15) is 5.65 Å². The molecule has 6 nitrogen and oxygen atoms in total. The fourth-order valence-electron chi connectivity index (χ4n) is 4.40. The van der Waals surface area contributed by atoms with Crippen LogP contribution in [0.3, 0.4) is 0 Å². The van der Waals surface area contributed by atoms with E-state index in [4.69, 9.17) is 4.98 Å². The van der Waals surface area contributed by atoms with E-state index in [-0.39, 0.29) is 11.5 Å². The summed E-state index contributed by atoms with van der Waals surface area (Å²) < 4.78 is 1.69. The van der Waals surface area contributed by atoms with E-state index in [9.17, 15) is 14.7 Å². The molecule has 1 N–H and O–H groups in total. The van der Waals surface area contributed by atoms with E-state index in [1.54, 1.807) is 4.40 Å². The van der Waals surface area contributed by atoms with Crippen LogP contribution < -0.4 is 10.5 Å². The summed E-state index contributed by atoms with van der Waals surface area (Å²) in [6.07, 6.45) is 0. The Hall–Kier alpha value is -3.67. The number of fused-ring (bicyclic) bond motifs is 4. The van der Waals surface area contributed by atoms with Gasteiger partial charge in [-0.15, -0.1) is 0 Å². The monoisotopic (exact) mass is 369 g/mol. The number of aliphatic carboxylic acids is 1. The van der Waals surface area contributed by atoms with Crippen molar-refractivity contribution in [1.82, 2.24) is 9.38 Å². The molecule has 0 spiro atoms. The number of hydrogen-bond acceptors (Lipinski definition) is 4. The van der Waals surface area contributed by atoms with Crippen LogP contribution in [0.25, 0.3) is 38.2 Å².